The van der Waals surface area contributed by atoms with Gasteiger partial charge in [0.25, 0.3) is 11.5 Å². The second-order valence-electron chi connectivity index (χ2n) is 6.01. The Labute approximate surface area is 144 Å². The Hall–Kier alpha value is -3.35. The van der Waals surface area contributed by atoms with Gasteiger partial charge in [0.05, 0.1) is 11.7 Å². The first-order valence-electron chi connectivity index (χ1n) is 7.71. The minimum absolute atomic E-state index is 0.0587. The summed E-state index contributed by atoms with van der Waals surface area (Å²) < 4.78 is 0. The summed E-state index contributed by atoms with van der Waals surface area (Å²) in [4.78, 5) is 39.5. The summed E-state index contributed by atoms with van der Waals surface area (Å²) in [5, 5.41) is 2.86. The number of hydrogen-bond donors (Lipinski definition) is 2. The van der Waals surface area contributed by atoms with Gasteiger partial charge in [-0.15, -0.1) is 0 Å². The van der Waals surface area contributed by atoms with E-state index < -0.39 is 17.0 Å². The van der Waals surface area contributed by atoms with Crippen molar-refractivity contribution >= 4 is 5.91 Å². The van der Waals surface area contributed by atoms with E-state index in [-0.39, 0.29) is 11.4 Å². The molecule has 0 fully saturated rings. The molecule has 0 spiro atoms. The third-order valence-electron chi connectivity index (χ3n) is 3.77. The van der Waals surface area contributed by atoms with Gasteiger partial charge in [-0.1, -0.05) is 30.3 Å². The van der Waals surface area contributed by atoms with Crippen molar-refractivity contribution in [3.8, 4) is 11.5 Å². The third-order valence-corrected chi connectivity index (χ3v) is 3.77. The molecule has 2 heterocycles. The fourth-order valence-corrected chi connectivity index (χ4v) is 2.39. The van der Waals surface area contributed by atoms with Crippen molar-refractivity contribution in [1.82, 2.24) is 25.3 Å². The zero-order chi connectivity index (χ0) is 17.9. The molecule has 0 aliphatic carbocycles. The lowest BCUT2D eigenvalue weighted by Gasteiger charge is -2.26. The highest BCUT2D eigenvalue weighted by atomic mass is 16.2. The van der Waals surface area contributed by atoms with Crippen molar-refractivity contribution < 1.29 is 4.79 Å². The molecule has 0 saturated carbocycles. The van der Waals surface area contributed by atoms with Crippen molar-refractivity contribution in [3.63, 3.8) is 0 Å². The van der Waals surface area contributed by atoms with Crippen molar-refractivity contribution in [2.75, 3.05) is 0 Å². The number of rotatable bonds is 4. The first-order valence-corrected chi connectivity index (χ1v) is 7.71. The summed E-state index contributed by atoms with van der Waals surface area (Å²) in [5.41, 5.74) is 0.141. The molecule has 25 heavy (non-hydrogen) atoms. The number of nitrogens with zero attached hydrogens (tertiary/aromatic N) is 3. The van der Waals surface area contributed by atoms with Crippen LogP contribution in [0.4, 0.5) is 0 Å². The molecule has 1 amide bonds. The summed E-state index contributed by atoms with van der Waals surface area (Å²) >= 11 is 0. The van der Waals surface area contributed by atoms with Crippen LogP contribution in [0.15, 0.2) is 59.9 Å². The van der Waals surface area contributed by atoms with Gasteiger partial charge in [-0.2, -0.15) is 0 Å². The lowest BCUT2D eigenvalue weighted by atomic mass is 9.94. The fourth-order valence-electron chi connectivity index (χ4n) is 2.39. The minimum atomic E-state index is -0.631. The van der Waals surface area contributed by atoms with Gasteiger partial charge in [-0.05, 0) is 19.4 Å². The van der Waals surface area contributed by atoms with Crippen molar-refractivity contribution in [2.45, 2.75) is 19.4 Å². The summed E-state index contributed by atoms with van der Waals surface area (Å²) in [6.45, 7) is 3.74. The Morgan fingerprint density at radius 1 is 1.08 bits per heavy atom. The summed E-state index contributed by atoms with van der Waals surface area (Å²) in [6.07, 6.45) is 5.75. The predicted molar refractivity (Wildman–Crippen MR) is 92.8 cm³/mol. The molecule has 0 unspecified atom stereocenters. The van der Waals surface area contributed by atoms with Crippen LogP contribution in [0, 0.1) is 0 Å². The second kappa shape index (κ2) is 6.64. The van der Waals surface area contributed by atoms with Crippen LogP contribution in [0.3, 0.4) is 0 Å². The van der Waals surface area contributed by atoms with Gasteiger partial charge in [0.15, 0.2) is 5.82 Å². The third kappa shape index (κ3) is 3.60. The van der Waals surface area contributed by atoms with E-state index in [1.54, 1.807) is 0 Å². The molecule has 126 valence electrons. The lowest BCUT2D eigenvalue weighted by Crippen LogP contribution is -2.42. The quantitative estimate of drug-likeness (QED) is 0.758. The number of aromatic amines is 1. The molecule has 0 bridgehead atoms. The summed E-state index contributed by atoms with van der Waals surface area (Å²) in [6, 6.07) is 9.53. The maximum atomic E-state index is 12.5. The molecule has 0 aliphatic heterocycles. The molecular weight excluding hydrogens is 318 g/mol. The minimum Gasteiger partial charge on any atom is -0.343 e. The van der Waals surface area contributed by atoms with E-state index in [1.807, 2.05) is 44.2 Å². The topological polar surface area (TPSA) is 101 Å². The largest absolute Gasteiger partial charge is 0.343 e. The highest BCUT2D eigenvalue weighted by molar-refractivity contribution is 5.94. The average molecular weight is 335 g/mol. The van der Waals surface area contributed by atoms with Crippen LogP contribution in [0.2, 0.25) is 0 Å². The van der Waals surface area contributed by atoms with Gasteiger partial charge in [0, 0.05) is 18.6 Å². The number of nitrogens with one attached hydrogen (secondary N) is 2. The van der Waals surface area contributed by atoms with Crippen LogP contribution in [-0.2, 0) is 5.54 Å². The Morgan fingerprint density at radius 3 is 2.48 bits per heavy atom. The van der Waals surface area contributed by atoms with Gasteiger partial charge in [0.2, 0.25) is 0 Å². The molecule has 2 aromatic heterocycles. The van der Waals surface area contributed by atoms with Gasteiger partial charge in [-0.3, -0.25) is 14.6 Å². The van der Waals surface area contributed by atoms with E-state index in [2.05, 4.69) is 25.3 Å². The number of H-pyrrole nitrogens is 1. The van der Waals surface area contributed by atoms with Crippen LogP contribution in [0.5, 0.6) is 0 Å². The molecular formula is C18H17N5O2. The van der Waals surface area contributed by atoms with Crippen LogP contribution in [0.1, 0.15) is 29.8 Å². The molecule has 0 saturated heterocycles. The van der Waals surface area contributed by atoms with Gasteiger partial charge >= 0.3 is 0 Å². The monoisotopic (exact) mass is 335 g/mol. The molecule has 0 radical (unpaired) electrons. The van der Waals surface area contributed by atoms with E-state index in [1.165, 1.54) is 24.8 Å². The second-order valence-corrected chi connectivity index (χ2v) is 6.01. The Morgan fingerprint density at radius 2 is 1.84 bits per heavy atom. The molecule has 0 aliphatic rings. The first kappa shape index (κ1) is 16.5. The van der Waals surface area contributed by atoms with Crippen LogP contribution < -0.4 is 10.9 Å². The van der Waals surface area contributed by atoms with Crippen LogP contribution >= 0.6 is 0 Å². The number of benzene rings is 1. The van der Waals surface area contributed by atoms with Crippen molar-refractivity contribution in [2.24, 2.45) is 0 Å². The van der Waals surface area contributed by atoms with Gasteiger partial charge < -0.3 is 10.3 Å². The van der Waals surface area contributed by atoms with Gasteiger partial charge in [0.1, 0.15) is 11.3 Å². The smallest absolute Gasteiger partial charge is 0.264 e. The van der Waals surface area contributed by atoms with E-state index in [4.69, 9.17) is 0 Å². The van der Waals surface area contributed by atoms with E-state index in [0.717, 1.165) is 5.56 Å². The number of hydrogen-bond acceptors (Lipinski definition) is 5. The SMILES string of the molecule is CC(C)(NC(=O)c1cnc(-c2cnccn2)[nH]c1=O)c1ccccc1. The van der Waals surface area contributed by atoms with Crippen LogP contribution in [0.25, 0.3) is 11.5 Å². The summed E-state index contributed by atoms with van der Waals surface area (Å²) in [5.74, 6) is -0.231. The number of carbonyl (C=O) groups is 1. The zero-order valence-electron chi connectivity index (χ0n) is 13.9. The lowest BCUT2D eigenvalue weighted by molar-refractivity contribution is 0.0910. The normalized spacial score (nSPS) is 11.1. The highest BCUT2D eigenvalue weighted by Crippen LogP contribution is 2.19. The molecule has 0 atom stereocenters. The van der Waals surface area contributed by atoms with E-state index in [0.29, 0.717) is 5.69 Å². The number of amides is 1. The Kier molecular flexibility index (Phi) is 4.38. The average Bonchev–Trinajstić information content (AvgIpc) is 2.62. The standard InChI is InChI=1S/C18H17N5O2/c1-18(2,12-6-4-3-5-7-12)23-17(25)13-10-21-15(22-16(13)24)14-11-19-8-9-20-14/h3-11H,1-2H3,(H,23,25)(H,21,22,24). The highest BCUT2D eigenvalue weighted by Gasteiger charge is 2.24. The number of aromatic nitrogens is 4. The maximum Gasteiger partial charge on any atom is 0.264 e. The summed E-state index contributed by atoms with van der Waals surface area (Å²) in [7, 11) is 0. The van der Waals surface area contributed by atoms with E-state index >= 15 is 0 Å². The maximum absolute atomic E-state index is 12.5. The van der Waals surface area contributed by atoms with Crippen molar-refractivity contribution in [3.05, 3.63) is 76.6 Å². The predicted octanol–water partition coefficient (Wildman–Crippen LogP) is 1.89. The van der Waals surface area contributed by atoms with E-state index in [9.17, 15) is 9.59 Å². The van der Waals surface area contributed by atoms with Crippen LogP contribution in [-0.4, -0.2) is 25.8 Å². The Bertz CT molecular complexity index is 936. The molecule has 7 nitrogen and oxygen atoms in total. The van der Waals surface area contributed by atoms with Crippen molar-refractivity contribution in [1.29, 1.82) is 0 Å². The molecule has 1 aromatic carbocycles. The molecule has 7 heteroatoms. The fraction of sp³-hybridized carbons (Fsp3) is 0.167. The molecule has 2 N–H and O–H groups in total. The molecule has 3 rings (SSSR count). The zero-order valence-corrected chi connectivity index (χ0v) is 13.9. The molecule has 3 aromatic rings. The Balaban J connectivity index is 1.85. The number of carbonyl (C=O) groups excluding carboxylic acids is 1. The van der Waals surface area contributed by atoms with Gasteiger partial charge in [-0.25, -0.2) is 9.97 Å². The first-order chi connectivity index (χ1) is 12.0.